The number of thiophene rings is 1. The number of fused-ring (bicyclic) bond motifs is 1. The van der Waals surface area contributed by atoms with Gasteiger partial charge in [-0.1, -0.05) is 11.6 Å². The van der Waals surface area contributed by atoms with Crippen molar-refractivity contribution in [2.45, 2.75) is 32.6 Å². The Hall–Kier alpha value is -1.90. The van der Waals surface area contributed by atoms with Gasteiger partial charge in [-0.3, -0.25) is 4.79 Å². The van der Waals surface area contributed by atoms with Crippen LogP contribution < -0.4 is 4.72 Å². The van der Waals surface area contributed by atoms with Gasteiger partial charge in [-0.25, -0.2) is 18.1 Å². The quantitative estimate of drug-likeness (QED) is 0.734. The number of halogens is 1. The van der Waals surface area contributed by atoms with Gasteiger partial charge in [-0.2, -0.15) is 0 Å². The van der Waals surface area contributed by atoms with Gasteiger partial charge in [-0.05, 0) is 44.9 Å². The zero-order valence-corrected chi connectivity index (χ0v) is 16.4. The number of pyridine rings is 1. The largest absolute Gasteiger partial charge is 0.305 e. The second kappa shape index (κ2) is 6.12. The smallest absolute Gasteiger partial charge is 0.285 e. The summed E-state index contributed by atoms with van der Waals surface area (Å²) in [5.41, 5.74) is 1.93. The lowest BCUT2D eigenvalue weighted by Crippen LogP contribution is -2.31. The molecule has 0 bridgehead atoms. The van der Waals surface area contributed by atoms with Gasteiger partial charge in [0.05, 0.1) is 5.02 Å². The van der Waals surface area contributed by atoms with Crippen molar-refractivity contribution < 1.29 is 13.2 Å². The summed E-state index contributed by atoms with van der Waals surface area (Å²) in [6.45, 7) is 7.16. The third-order valence-electron chi connectivity index (χ3n) is 3.87. The van der Waals surface area contributed by atoms with E-state index in [9.17, 15) is 13.2 Å². The van der Waals surface area contributed by atoms with E-state index in [2.05, 4.69) is 9.71 Å². The van der Waals surface area contributed by atoms with Crippen LogP contribution >= 0.6 is 22.9 Å². The first-order chi connectivity index (χ1) is 11.6. The molecule has 0 radical (unpaired) electrons. The fourth-order valence-corrected chi connectivity index (χ4v) is 5.87. The minimum absolute atomic E-state index is 0.0154. The van der Waals surface area contributed by atoms with Crippen molar-refractivity contribution in [2.24, 2.45) is 0 Å². The van der Waals surface area contributed by atoms with Crippen LogP contribution in [0.4, 0.5) is 0 Å². The maximum absolute atomic E-state index is 12.6. The normalized spacial score (nSPS) is 11.9. The summed E-state index contributed by atoms with van der Waals surface area (Å²) in [6.07, 6.45) is 3.22. The molecule has 1 N–H and O–H groups in total. The number of sulfonamides is 1. The van der Waals surface area contributed by atoms with Crippen molar-refractivity contribution in [3.05, 3.63) is 50.1 Å². The van der Waals surface area contributed by atoms with Crippen molar-refractivity contribution in [1.82, 2.24) is 14.1 Å². The van der Waals surface area contributed by atoms with Crippen molar-refractivity contribution in [3.63, 3.8) is 0 Å². The van der Waals surface area contributed by atoms with E-state index in [0.29, 0.717) is 21.1 Å². The molecule has 0 saturated heterocycles. The van der Waals surface area contributed by atoms with E-state index in [0.717, 1.165) is 10.4 Å². The topological polar surface area (TPSA) is 80.5 Å². The van der Waals surface area contributed by atoms with Crippen molar-refractivity contribution >= 4 is 44.5 Å². The highest BCUT2D eigenvalue weighted by molar-refractivity contribution is 7.90. The van der Waals surface area contributed by atoms with E-state index >= 15 is 0 Å². The van der Waals surface area contributed by atoms with E-state index in [1.807, 2.05) is 13.8 Å². The van der Waals surface area contributed by atoms with Gasteiger partial charge >= 0.3 is 0 Å². The Morgan fingerprint density at radius 1 is 1.20 bits per heavy atom. The molecule has 3 aromatic rings. The van der Waals surface area contributed by atoms with Crippen LogP contribution in [-0.2, 0) is 10.0 Å². The van der Waals surface area contributed by atoms with Gasteiger partial charge in [0, 0.05) is 22.1 Å². The SMILES string of the molecule is Cc1cc(Cl)c2nc(C(=O)NS(=O)(=O)c3c(C)sc(C)c3C)cn2c1. The Bertz CT molecular complexity index is 1110. The van der Waals surface area contributed by atoms with Crippen molar-refractivity contribution in [3.8, 4) is 0 Å². The van der Waals surface area contributed by atoms with Crippen LogP contribution in [0.15, 0.2) is 23.4 Å². The van der Waals surface area contributed by atoms with Gasteiger partial charge < -0.3 is 4.40 Å². The summed E-state index contributed by atoms with van der Waals surface area (Å²) in [5.74, 6) is -0.792. The van der Waals surface area contributed by atoms with Gasteiger partial charge in [0.25, 0.3) is 15.9 Å². The van der Waals surface area contributed by atoms with Crippen LogP contribution in [0.1, 0.15) is 31.4 Å². The molecule has 3 heterocycles. The van der Waals surface area contributed by atoms with Gasteiger partial charge in [-0.15, -0.1) is 11.3 Å². The number of aromatic nitrogens is 2. The van der Waals surface area contributed by atoms with E-state index in [1.54, 1.807) is 30.5 Å². The summed E-state index contributed by atoms with van der Waals surface area (Å²) in [6, 6.07) is 1.73. The van der Waals surface area contributed by atoms with Crippen LogP contribution in [0.3, 0.4) is 0 Å². The zero-order valence-electron chi connectivity index (χ0n) is 14.0. The first kappa shape index (κ1) is 17.9. The lowest BCUT2D eigenvalue weighted by atomic mass is 10.3. The number of aryl methyl sites for hydroxylation is 3. The third kappa shape index (κ3) is 3.17. The van der Waals surface area contributed by atoms with E-state index in [-0.39, 0.29) is 10.6 Å². The second-order valence-corrected chi connectivity index (χ2v) is 9.28. The third-order valence-corrected chi connectivity index (χ3v) is 7.00. The average Bonchev–Trinajstić information content (AvgIpc) is 3.00. The maximum Gasteiger partial charge on any atom is 0.285 e. The standard InChI is InChI=1S/C16H16ClN3O3S2/c1-8-5-12(17)15-18-13(7-20(15)6-8)16(21)19-25(22,23)14-9(2)10(3)24-11(14)4/h5-7H,1-4H3,(H,19,21). The van der Waals surface area contributed by atoms with Crippen LogP contribution in [0.25, 0.3) is 5.65 Å². The van der Waals surface area contributed by atoms with Gasteiger partial charge in [0.1, 0.15) is 10.6 Å². The maximum atomic E-state index is 12.6. The molecule has 6 nitrogen and oxygen atoms in total. The minimum atomic E-state index is -3.98. The molecule has 0 atom stereocenters. The number of carbonyl (C=O) groups excluding carboxylic acids is 1. The molecule has 0 aliphatic carbocycles. The number of carbonyl (C=O) groups is 1. The lowest BCUT2D eigenvalue weighted by molar-refractivity contribution is 0.0977. The number of hydrogen-bond acceptors (Lipinski definition) is 5. The highest BCUT2D eigenvalue weighted by Gasteiger charge is 2.26. The highest BCUT2D eigenvalue weighted by Crippen LogP contribution is 2.30. The number of imidazole rings is 1. The predicted molar refractivity (Wildman–Crippen MR) is 98.1 cm³/mol. The van der Waals surface area contributed by atoms with Gasteiger partial charge in [0.2, 0.25) is 0 Å². The number of amides is 1. The van der Waals surface area contributed by atoms with Crippen LogP contribution in [0.5, 0.6) is 0 Å². The van der Waals surface area contributed by atoms with Crippen LogP contribution in [0, 0.1) is 27.7 Å². The fourth-order valence-electron chi connectivity index (χ4n) is 2.69. The molecule has 132 valence electrons. The Morgan fingerprint density at radius 2 is 1.88 bits per heavy atom. The molecule has 3 aromatic heterocycles. The first-order valence-electron chi connectivity index (χ1n) is 7.38. The molecule has 0 aliphatic heterocycles. The molecule has 0 aliphatic rings. The Balaban J connectivity index is 1.98. The minimum Gasteiger partial charge on any atom is -0.305 e. The molecule has 0 saturated carbocycles. The number of nitrogens with zero attached hydrogens (tertiary/aromatic N) is 2. The first-order valence-corrected chi connectivity index (χ1v) is 10.1. The van der Waals surface area contributed by atoms with Gasteiger partial charge in [0.15, 0.2) is 5.65 Å². The van der Waals surface area contributed by atoms with Crippen molar-refractivity contribution in [1.29, 1.82) is 0 Å². The van der Waals surface area contributed by atoms with Crippen molar-refractivity contribution in [2.75, 3.05) is 0 Å². The number of rotatable bonds is 3. The highest BCUT2D eigenvalue weighted by atomic mass is 35.5. The van der Waals surface area contributed by atoms with Crippen LogP contribution in [-0.4, -0.2) is 23.7 Å². The summed E-state index contributed by atoms with van der Waals surface area (Å²) in [5, 5.41) is 0.391. The fraction of sp³-hybridized carbons (Fsp3) is 0.250. The average molecular weight is 398 g/mol. The molecule has 3 rings (SSSR count). The van der Waals surface area contributed by atoms with Crippen LogP contribution in [0.2, 0.25) is 5.02 Å². The number of nitrogens with one attached hydrogen (secondary N) is 1. The number of hydrogen-bond donors (Lipinski definition) is 1. The summed E-state index contributed by atoms with van der Waals surface area (Å²) < 4.78 is 28.9. The lowest BCUT2D eigenvalue weighted by Gasteiger charge is -2.06. The Kier molecular flexibility index (Phi) is 4.38. The predicted octanol–water partition coefficient (Wildman–Crippen LogP) is 3.40. The molecular formula is C16H16ClN3O3S2. The molecule has 0 unspecified atom stereocenters. The summed E-state index contributed by atoms with van der Waals surface area (Å²) in [7, 11) is -3.98. The molecule has 1 amide bonds. The molecule has 0 spiro atoms. The molecule has 25 heavy (non-hydrogen) atoms. The molecule has 0 fully saturated rings. The zero-order chi connectivity index (χ0) is 18.5. The van der Waals surface area contributed by atoms with E-state index in [1.165, 1.54) is 17.5 Å². The Labute approximate surface area is 154 Å². The molecule has 0 aromatic carbocycles. The van der Waals surface area contributed by atoms with E-state index in [4.69, 9.17) is 11.6 Å². The summed E-state index contributed by atoms with van der Waals surface area (Å²) >= 11 is 7.51. The Morgan fingerprint density at radius 3 is 2.48 bits per heavy atom. The molecular weight excluding hydrogens is 382 g/mol. The molecule has 9 heteroatoms. The second-order valence-electron chi connectivity index (χ2n) is 5.83. The monoisotopic (exact) mass is 397 g/mol. The van der Waals surface area contributed by atoms with E-state index < -0.39 is 15.9 Å². The summed E-state index contributed by atoms with van der Waals surface area (Å²) in [4.78, 5) is 18.3.